The highest BCUT2D eigenvalue weighted by atomic mass is 16.5. The standard InChI is InChI=1S/C14H20N2O3/c1-2-15-10-14(17)16-9-11-4-5-12-13(8-11)19-7-3-6-18-12/h4-5,8,15H,2-3,6-7,9-10H2,1H3,(H,16,17). The maximum Gasteiger partial charge on any atom is 0.234 e. The third-order valence-corrected chi connectivity index (χ3v) is 2.84. The van der Waals surface area contributed by atoms with E-state index in [4.69, 9.17) is 9.47 Å². The molecule has 0 saturated carbocycles. The Morgan fingerprint density at radius 1 is 1.26 bits per heavy atom. The van der Waals surface area contributed by atoms with Crippen molar-refractivity contribution in [2.45, 2.75) is 19.9 Å². The van der Waals surface area contributed by atoms with Crippen molar-refractivity contribution in [3.63, 3.8) is 0 Å². The molecular weight excluding hydrogens is 244 g/mol. The number of hydrogen-bond donors (Lipinski definition) is 2. The molecule has 0 spiro atoms. The van der Waals surface area contributed by atoms with Crippen molar-refractivity contribution < 1.29 is 14.3 Å². The van der Waals surface area contributed by atoms with Gasteiger partial charge in [-0.25, -0.2) is 0 Å². The van der Waals surface area contributed by atoms with E-state index in [-0.39, 0.29) is 5.91 Å². The number of amides is 1. The first kappa shape index (κ1) is 13.7. The van der Waals surface area contributed by atoms with Crippen LogP contribution in [0.5, 0.6) is 11.5 Å². The lowest BCUT2D eigenvalue weighted by Gasteiger charge is -2.10. The number of fused-ring (bicyclic) bond motifs is 1. The van der Waals surface area contributed by atoms with E-state index in [9.17, 15) is 4.79 Å². The number of ether oxygens (including phenoxy) is 2. The molecule has 0 aliphatic carbocycles. The van der Waals surface area contributed by atoms with Crippen LogP contribution in [-0.4, -0.2) is 32.2 Å². The Morgan fingerprint density at radius 3 is 2.84 bits per heavy atom. The predicted octanol–water partition coefficient (Wildman–Crippen LogP) is 1.07. The quantitative estimate of drug-likeness (QED) is 0.835. The maximum atomic E-state index is 11.5. The first-order chi connectivity index (χ1) is 9.29. The Balaban J connectivity index is 1.90. The van der Waals surface area contributed by atoms with Gasteiger partial charge in [0.15, 0.2) is 11.5 Å². The lowest BCUT2D eigenvalue weighted by molar-refractivity contribution is -0.120. The highest BCUT2D eigenvalue weighted by Crippen LogP contribution is 2.30. The van der Waals surface area contributed by atoms with Crippen LogP contribution in [0.1, 0.15) is 18.9 Å². The van der Waals surface area contributed by atoms with Crippen LogP contribution in [0.25, 0.3) is 0 Å². The molecular formula is C14H20N2O3. The normalized spacial score (nSPS) is 13.7. The van der Waals surface area contributed by atoms with Crippen LogP contribution in [0.4, 0.5) is 0 Å². The second-order valence-electron chi connectivity index (χ2n) is 4.39. The molecule has 0 aromatic heterocycles. The zero-order valence-electron chi connectivity index (χ0n) is 11.2. The van der Waals surface area contributed by atoms with Gasteiger partial charge < -0.3 is 20.1 Å². The number of carbonyl (C=O) groups excluding carboxylic acids is 1. The van der Waals surface area contributed by atoms with Gasteiger partial charge in [0.2, 0.25) is 5.91 Å². The van der Waals surface area contributed by atoms with Gasteiger partial charge in [-0.3, -0.25) is 4.79 Å². The molecule has 0 radical (unpaired) electrons. The Kier molecular flexibility index (Phi) is 5.03. The van der Waals surface area contributed by atoms with Crippen LogP contribution in [-0.2, 0) is 11.3 Å². The van der Waals surface area contributed by atoms with Gasteiger partial charge in [0.05, 0.1) is 19.8 Å². The number of likely N-dealkylation sites (N-methyl/N-ethyl adjacent to an activating group) is 1. The van der Waals surface area contributed by atoms with Crippen molar-refractivity contribution in [3.05, 3.63) is 23.8 Å². The first-order valence-corrected chi connectivity index (χ1v) is 6.65. The summed E-state index contributed by atoms with van der Waals surface area (Å²) >= 11 is 0. The molecule has 0 fully saturated rings. The molecule has 1 aliphatic heterocycles. The highest BCUT2D eigenvalue weighted by molar-refractivity contribution is 5.77. The van der Waals surface area contributed by atoms with E-state index < -0.39 is 0 Å². The van der Waals surface area contributed by atoms with Gasteiger partial charge >= 0.3 is 0 Å². The third-order valence-electron chi connectivity index (χ3n) is 2.84. The van der Waals surface area contributed by atoms with Crippen LogP contribution >= 0.6 is 0 Å². The molecule has 2 N–H and O–H groups in total. The molecule has 0 unspecified atom stereocenters. The molecule has 5 heteroatoms. The van der Waals surface area contributed by atoms with E-state index in [1.807, 2.05) is 25.1 Å². The monoisotopic (exact) mass is 264 g/mol. The van der Waals surface area contributed by atoms with Crippen molar-refractivity contribution in [1.82, 2.24) is 10.6 Å². The van der Waals surface area contributed by atoms with Crippen molar-refractivity contribution in [1.29, 1.82) is 0 Å². The van der Waals surface area contributed by atoms with Gasteiger partial charge in [-0.15, -0.1) is 0 Å². The van der Waals surface area contributed by atoms with Gasteiger partial charge in [-0.2, -0.15) is 0 Å². The van der Waals surface area contributed by atoms with Gasteiger partial charge in [0, 0.05) is 13.0 Å². The summed E-state index contributed by atoms with van der Waals surface area (Å²) in [6.07, 6.45) is 0.892. The molecule has 0 bridgehead atoms. The van der Waals surface area contributed by atoms with Gasteiger partial charge in [-0.05, 0) is 24.2 Å². The number of carbonyl (C=O) groups is 1. The van der Waals surface area contributed by atoms with E-state index in [1.54, 1.807) is 0 Å². The van der Waals surface area contributed by atoms with Gasteiger partial charge in [-0.1, -0.05) is 13.0 Å². The summed E-state index contributed by atoms with van der Waals surface area (Å²) in [4.78, 5) is 11.5. The van der Waals surface area contributed by atoms with Crippen LogP contribution in [0, 0.1) is 0 Å². The summed E-state index contributed by atoms with van der Waals surface area (Å²) in [5, 5.41) is 5.84. The van der Waals surface area contributed by atoms with Crippen LogP contribution in [0.2, 0.25) is 0 Å². The molecule has 19 heavy (non-hydrogen) atoms. The minimum Gasteiger partial charge on any atom is -0.490 e. The number of benzene rings is 1. The fraction of sp³-hybridized carbons (Fsp3) is 0.500. The van der Waals surface area contributed by atoms with Gasteiger partial charge in [0.1, 0.15) is 0 Å². The lowest BCUT2D eigenvalue weighted by Crippen LogP contribution is -2.33. The zero-order chi connectivity index (χ0) is 13.5. The zero-order valence-corrected chi connectivity index (χ0v) is 11.2. The lowest BCUT2D eigenvalue weighted by atomic mass is 10.2. The van der Waals surface area contributed by atoms with E-state index in [0.29, 0.717) is 26.3 Å². The maximum absolute atomic E-state index is 11.5. The summed E-state index contributed by atoms with van der Waals surface area (Å²) in [7, 11) is 0. The summed E-state index contributed by atoms with van der Waals surface area (Å²) < 4.78 is 11.2. The number of rotatable bonds is 5. The molecule has 1 aromatic rings. The molecule has 104 valence electrons. The molecule has 1 amide bonds. The molecule has 1 aliphatic rings. The molecule has 5 nitrogen and oxygen atoms in total. The SMILES string of the molecule is CCNCC(=O)NCc1ccc2c(c1)OCCCO2. The van der Waals surface area contributed by atoms with Crippen molar-refractivity contribution in [2.24, 2.45) is 0 Å². The predicted molar refractivity (Wildman–Crippen MR) is 72.4 cm³/mol. The highest BCUT2D eigenvalue weighted by Gasteiger charge is 2.10. The van der Waals surface area contributed by atoms with E-state index in [0.717, 1.165) is 30.0 Å². The molecule has 2 rings (SSSR count). The Morgan fingerprint density at radius 2 is 2.05 bits per heavy atom. The Labute approximate surface area is 113 Å². The van der Waals surface area contributed by atoms with Crippen molar-refractivity contribution >= 4 is 5.91 Å². The average molecular weight is 264 g/mol. The summed E-state index contributed by atoms with van der Waals surface area (Å²) in [6, 6.07) is 5.77. The third kappa shape index (κ3) is 4.13. The average Bonchev–Trinajstić information content (AvgIpc) is 2.67. The van der Waals surface area contributed by atoms with Crippen LogP contribution in [0.3, 0.4) is 0 Å². The molecule has 1 heterocycles. The Hall–Kier alpha value is -1.75. The first-order valence-electron chi connectivity index (χ1n) is 6.65. The van der Waals surface area contributed by atoms with Crippen LogP contribution < -0.4 is 20.1 Å². The molecule has 0 atom stereocenters. The molecule has 0 saturated heterocycles. The summed E-state index contributed by atoms with van der Waals surface area (Å²) in [6.45, 7) is 4.96. The second kappa shape index (κ2) is 6.99. The summed E-state index contributed by atoms with van der Waals surface area (Å²) in [5.74, 6) is 1.53. The topological polar surface area (TPSA) is 59.6 Å². The molecule has 1 aromatic carbocycles. The number of nitrogens with one attached hydrogen (secondary N) is 2. The fourth-order valence-electron chi connectivity index (χ4n) is 1.82. The van der Waals surface area contributed by atoms with E-state index in [1.165, 1.54) is 0 Å². The smallest absolute Gasteiger partial charge is 0.234 e. The van der Waals surface area contributed by atoms with Crippen molar-refractivity contribution in [3.8, 4) is 11.5 Å². The van der Waals surface area contributed by atoms with Crippen LogP contribution in [0.15, 0.2) is 18.2 Å². The van der Waals surface area contributed by atoms with E-state index >= 15 is 0 Å². The fourth-order valence-corrected chi connectivity index (χ4v) is 1.82. The largest absolute Gasteiger partial charge is 0.490 e. The second-order valence-corrected chi connectivity index (χ2v) is 4.39. The van der Waals surface area contributed by atoms with E-state index in [2.05, 4.69) is 10.6 Å². The van der Waals surface area contributed by atoms with Gasteiger partial charge in [0.25, 0.3) is 0 Å². The summed E-state index contributed by atoms with van der Waals surface area (Å²) in [5.41, 5.74) is 1.01. The van der Waals surface area contributed by atoms with Crippen molar-refractivity contribution in [2.75, 3.05) is 26.3 Å². The minimum absolute atomic E-state index is 0.00559. The Bertz CT molecular complexity index is 435. The minimum atomic E-state index is -0.00559. The number of hydrogen-bond acceptors (Lipinski definition) is 4.